The highest BCUT2D eigenvalue weighted by molar-refractivity contribution is 7.99. The van der Waals surface area contributed by atoms with Crippen LogP contribution >= 0.6 is 11.8 Å². The number of thioether (sulfide) groups is 1. The fourth-order valence-electron chi connectivity index (χ4n) is 2.16. The van der Waals surface area contributed by atoms with Gasteiger partial charge in [0.15, 0.2) is 24.0 Å². The Labute approximate surface area is 149 Å². The van der Waals surface area contributed by atoms with Crippen molar-refractivity contribution in [2.45, 2.75) is 11.8 Å². The third-order valence-electron chi connectivity index (χ3n) is 3.59. The Hall–Kier alpha value is -1.99. The third kappa shape index (κ3) is 5.79. The zero-order valence-corrected chi connectivity index (χ0v) is 14.9. The molecule has 0 bridgehead atoms. The summed E-state index contributed by atoms with van der Waals surface area (Å²) in [5.74, 6) is -3.90. The highest BCUT2D eigenvalue weighted by atomic mass is 32.2. The van der Waals surface area contributed by atoms with Crippen molar-refractivity contribution in [3.05, 3.63) is 59.4 Å². The van der Waals surface area contributed by atoms with E-state index in [2.05, 4.69) is 5.32 Å². The van der Waals surface area contributed by atoms with Crippen molar-refractivity contribution in [3.8, 4) is 0 Å². The number of hydrogen-bond donors (Lipinski definition) is 2. The van der Waals surface area contributed by atoms with E-state index in [1.54, 1.807) is 11.8 Å². The highest BCUT2D eigenvalue weighted by Gasteiger charge is 2.17. The monoisotopic (exact) mass is 369 g/mol. The van der Waals surface area contributed by atoms with Gasteiger partial charge in [0.1, 0.15) is 0 Å². The van der Waals surface area contributed by atoms with Crippen LogP contribution in [0.4, 0.5) is 18.9 Å². The first-order valence-electron chi connectivity index (χ1n) is 7.81. The maximum absolute atomic E-state index is 13.5. The molecule has 3 nitrogen and oxygen atoms in total. The van der Waals surface area contributed by atoms with Crippen molar-refractivity contribution < 1.29 is 22.9 Å². The first kappa shape index (κ1) is 19.3. The van der Waals surface area contributed by atoms with Crippen LogP contribution in [0.15, 0.2) is 41.3 Å². The van der Waals surface area contributed by atoms with Gasteiger partial charge in [-0.2, -0.15) is 0 Å². The van der Waals surface area contributed by atoms with Crippen LogP contribution in [0.1, 0.15) is 5.56 Å². The lowest BCUT2D eigenvalue weighted by Crippen LogP contribution is -3.10. The number of halogens is 3. The van der Waals surface area contributed by atoms with Gasteiger partial charge in [-0.1, -0.05) is 17.7 Å². The second kappa shape index (κ2) is 8.92. The normalized spacial score (nSPS) is 12.0. The standard InChI is InChI=1S/C18H19F3N2OS/c1-12-3-5-13(6-4-12)25-10-9-23(2)11-16(24)22-15-8-7-14(19)17(20)18(15)21/h3-8H,9-11H2,1-2H3,(H,22,24)/p+1. The number of amides is 1. The van der Waals surface area contributed by atoms with Gasteiger partial charge in [0, 0.05) is 10.6 Å². The molecule has 2 N–H and O–H groups in total. The SMILES string of the molecule is Cc1ccc(SCC[NH+](C)CC(=O)Nc2ccc(F)c(F)c2F)cc1. The van der Waals surface area contributed by atoms with Crippen molar-refractivity contribution in [3.63, 3.8) is 0 Å². The van der Waals surface area contributed by atoms with E-state index in [0.717, 1.165) is 34.2 Å². The van der Waals surface area contributed by atoms with Crippen molar-refractivity contribution >= 4 is 23.4 Å². The molecule has 0 aromatic heterocycles. The summed E-state index contributed by atoms with van der Waals surface area (Å²) in [5, 5.41) is 2.28. The molecule has 2 rings (SSSR count). The summed E-state index contributed by atoms with van der Waals surface area (Å²) in [5.41, 5.74) is 0.846. The van der Waals surface area contributed by atoms with Crippen LogP contribution in [0, 0.1) is 24.4 Å². The van der Waals surface area contributed by atoms with Crippen LogP contribution in [0.25, 0.3) is 0 Å². The second-order valence-corrected chi connectivity index (χ2v) is 6.98. The summed E-state index contributed by atoms with van der Waals surface area (Å²) in [6.07, 6.45) is 0. The van der Waals surface area contributed by atoms with Gasteiger partial charge in [-0.25, -0.2) is 13.2 Å². The average Bonchev–Trinajstić information content (AvgIpc) is 2.57. The summed E-state index contributed by atoms with van der Waals surface area (Å²) in [4.78, 5) is 14.0. The van der Waals surface area contributed by atoms with Gasteiger partial charge in [-0.15, -0.1) is 11.8 Å². The van der Waals surface area contributed by atoms with Gasteiger partial charge in [0.05, 0.1) is 19.3 Å². The number of benzene rings is 2. The van der Waals surface area contributed by atoms with E-state index in [1.165, 1.54) is 5.56 Å². The number of anilines is 1. The van der Waals surface area contributed by atoms with E-state index in [9.17, 15) is 18.0 Å². The maximum Gasteiger partial charge on any atom is 0.279 e. The number of aryl methyl sites for hydroxylation is 1. The van der Waals surface area contributed by atoms with Crippen molar-refractivity contribution in [2.24, 2.45) is 0 Å². The minimum atomic E-state index is -1.59. The molecule has 2 aromatic carbocycles. The minimum Gasteiger partial charge on any atom is -0.329 e. The molecule has 0 aliphatic rings. The minimum absolute atomic E-state index is 0.104. The van der Waals surface area contributed by atoms with Gasteiger partial charge in [-0.05, 0) is 31.2 Å². The topological polar surface area (TPSA) is 33.5 Å². The van der Waals surface area contributed by atoms with E-state index in [4.69, 9.17) is 0 Å². The molecule has 134 valence electrons. The van der Waals surface area contributed by atoms with Gasteiger partial charge >= 0.3 is 0 Å². The lowest BCUT2D eigenvalue weighted by Gasteiger charge is -2.14. The molecule has 0 heterocycles. The Balaban J connectivity index is 1.78. The van der Waals surface area contributed by atoms with E-state index in [0.29, 0.717) is 0 Å². The number of quaternary nitrogens is 1. The molecule has 0 fully saturated rings. The molecule has 1 unspecified atom stereocenters. The van der Waals surface area contributed by atoms with Crippen LogP contribution in [0.3, 0.4) is 0 Å². The molecule has 0 saturated carbocycles. The van der Waals surface area contributed by atoms with Crippen molar-refractivity contribution in [1.82, 2.24) is 0 Å². The molecule has 1 atom stereocenters. The summed E-state index contributed by atoms with van der Waals surface area (Å²) >= 11 is 1.69. The van der Waals surface area contributed by atoms with Crippen LogP contribution in [0.2, 0.25) is 0 Å². The van der Waals surface area contributed by atoms with Crippen LogP contribution in [-0.2, 0) is 4.79 Å². The Kier molecular flexibility index (Phi) is 6.90. The largest absolute Gasteiger partial charge is 0.329 e. The Bertz CT molecular complexity index is 738. The number of rotatable bonds is 7. The van der Waals surface area contributed by atoms with E-state index >= 15 is 0 Å². The van der Waals surface area contributed by atoms with Gasteiger partial charge < -0.3 is 10.2 Å². The molecule has 2 aromatic rings. The Morgan fingerprint density at radius 2 is 1.76 bits per heavy atom. The second-order valence-electron chi connectivity index (χ2n) is 5.82. The van der Waals surface area contributed by atoms with E-state index in [1.807, 2.05) is 38.2 Å². The zero-order valence-electron chi connectivity index (χ0n) is 14.0. The van der Waals surface area contributed by atoms with E-state index in [-0.39, 0.29) is 12.2 Å². The quantitative estimate of drug-likeness (QED) is 0.581. The summed E-state index contributed by atoms with van der Waals surface area (Å²) in [7, 11) is 1.84. The lowest BCUT2D eigenvalue weighted by molar-refractivity contribution is -0.868. The fourth-order valence-corrected chi connectivity index (χ4v) is 3.17. The summed E-state index contributed by atoms with van der Waals surface area (Å²) < 4.78 is 39.6. The molecule has 0 aliphatic carbocycles. The molecule has 25 heavy (non-hydrogen) atoms. The van der Waals surface area contributed by atoms with Gasteiger partial charge in [0.25, 0.3) is 5.91 Å². The van der Waals surface area contributed by atoms with Crippen molar-refractivity contribution in [2.75, 3.05) is 31.2 Å². The molecule has 0 spiro atoms. The van der Waals surface area contributed by atoms with E-state index < -0.39 is 23.4 Å². The predicted molar refractivity (Wildman–Crippen MR) is 93.5 cm³/mol. The molecule has 0 radical (unpaired) electrons. The molecule has 1 amide bonds. The number of carbonyl (C=O) groups excluding carboxylic acids is 1. The van der Waals surface area contributed by atoms with Gasteiger partial charge in [-0.3, -0.25) is 4.79 Å². The van der Waals surface area contributed by atoms with Crippen molar-refractivity contribution in [1.29, 1.82) is 0 Å². The highest BCUT2D eigenvalue weighted by Crippen LogP contribution is 2.19. The predicted octanol–water partition coefficient (Wildman–Crippen LogP) is 2.66. The van der Waals surface area contributed by atoms with Crippen LogP contribution < -0.4 is 10.2 Å². The third-order valence-corrected chi connectivity index (χ3v) is 4.60. The lowest BCUT2D eigenvalue weighted by atomic mass is 10.2. The Morgan fingerprint density at radius 3 is 2.44 bits per heavy atom. The molecule has 0 aliphatic heterocycles. The summed E-state index contributed by atoms with van der Waals surface area (Å²) in [6.45, 7) is 2.86. The average molecular weight is 369 g/mol. The number of carbonyl (C=O) groups is 1. The molecule has 0 saturated heterocycles. The zero-order chi connectivity index (χ0) is 18.4. The smallest absolute Gasteiger partial charge is 0.279 e. The molecular formula is C18H20F3N2OS+. The summed E-state index contributed by atoms with van der Waals surface area (Å²) in [6, 6.07) is 9.98. The Morgan fingerprint density at radius 1 is 1.08 bits per heavy atom. The number of likely N-dealkylation sites (N-methyl/N-ethyl adjacent to an activating group) is 1. The van der Waals surface area contributed by atoms with Gasteiger partial charge in [0.2, 0.25) is 0 Å². The van der Waals surface area contributed by atoms with Crippen LogP contribution in [0.5, 0.6) is 0 Å². The molecular weight excluding hydrogens is 349 g/mol. The molecule has 7 heteroatoms. The number of hydrogen-bond acceptors (Lipinski definition) is 2. The van der Waals surface area contributed by atoms with Crippen LogP contribution in [-0.4, -0.2) is 31.8 Å². The first-order valence-corrected chi connectivity index (χ1v) is 8.79. The number of nitrogens with one attached hydrogen (secondary N) is 2. The first-order chi connectivity index (χ1) is 11.9. The maximum atomic E-state index is 13.5. The fraction of sp³-hybridized carbons (Fsp3) is 0.278.